The number of methoxy groups -OCH3 is 1. The molecular weight excluding hydrogens is 196 g/mol. The number of hydrogen-bond acceptors (Lipinski definition) is 4. The third kappa shape index (κ3) is 4.22. The SMILES string of the molecule is CCOCCc1nc(COC)cc(=O)[nH]1. The van der Waals surface area contributed by atoms with Crippen LogP contribution in [0.2, 0.25) is 0 Å². The Balaban J connectivity index is 2.66. The van der Waals surface area contributed by atoms with Crippen LogP contribution in [0.5, 0.6) is 0 Å². The number of nitrogens with zero attached hydrogens (tertiary/aromatic N) is 1. The summed E-state index contributed by atoms with van der Waals surface area (Å²) >= 11 is 0. The lowest BCUT2D eigenvalue weighted by Gasteiger charge is -2.03. The molecule has 1 aromatic heterocycles. The fourth-order valence-corrected chi connectivity index (χ4v) is 1.22. The minimum absolute atomic E-state index is 0.149. The molecule has 0 aromatic carbocycles. The molecule has 5 nitrogen and oxygen atoms in total. The van der Waals surface area contributed by atoms with Gasteiger partial charge in [0.15, 0.2) is 0 Å². The molecule has 84 valence electrons. The number of nitrogens with one attached hydrogen (secondary N) is 1. The molecule has 0 aliphatic heterocycles. The zero-order chi connectivity index (χ0) is 11.1. The van der Waals surface area contributed by atoms with Gasteiger partial charge in [-0.2, -0.15) is 0 Å². The van der Waals surface area contributed by atoms with E-state index in [2.05, 4.69) is 9.97 Å². The van der Waals surface area contributed by atoms with Gasteiger partial charge in [0, 0.05) is 26.2 Å². The van der Waals surface area contributed by atoms with E-state index in [0.717, 1.165) is 0 Å². The van der Waals surface area contributed by atoms with Crippen molar-refractivity contribution in [1.29, 1.82) is 0 Å². The molecule has 1 heterocycles. The zero-order valence-electron chi connectivity index (χ0n) is 9.08. The van der Waals surface area contributed by atoms with Gasteiger partial charge in [-0.05, 0) is 6.92 Å². The molecule has 0 aliphatic rings. The molecule has 1 aromatic rings. The lowest BCUT2D eigenvalue weighted by atomic mass is 10.3. The summed E-state index contributed by atoms with van der Waals surface area (Å²) < 4.78 is 10.1. The summed E-state index contributed by atoms with van der Waals surface area (Å²) in [6.07, 6.45) is 0.612. The molecule has 0 fully saturated rings. The quantitative estimate of drug-likeness (QED) is 0.697. The molecule has 5 heteroatoms. The van der Waals surface area contributed by atoms with Gasteiger partial charge in [0.05, 0.1) is 18.9 Å². The van der Waals surface area contributed by atoms with Gasteiger partial charge in [0.2, 0.25) is 0 Å². The van der Waals surface area contributed by atoms with Crippen LogP contribution in [0.1, 0.15) is 18.4 Å². The van der Waals surface area contributed by atoms with Crippen LogP contribution in [0.3, 0.4) is 0 Å². The first kappa shape index (κ1) is 11.9. The van der Waals surface area contributed by atoms with Gasteiger partial charge in [-0.1, -0.05) is 0 Å². The van der Waals surface area contributed by atoms with Gasteiger partial charge in [-0.25, -0.2) is 4.98 Å². The molecule has 0 spiro atoms. The Morgan fingerprint density at radius 2 is 2.33 bits per heavy atom. The van der Waals surface area contributed by atoms with Crippen LogP contribution in [-0.4, -0.2) is 30.3 Å². The van der Waals surface area contributed by atoms with E-state index in [4.69, 9.17) is 9.47 Å². The maximum absolute atomic E-state index is 11.2. The third-order valence-corrected chi connectivity index (χ3v) is 1.82. The average Bonchev–Trinajstić information content (AvgIpc) is 2.18. The predicted molar refractivity (Wildman–Crippen MR) is 55.8 cm³/mol. The summed E-state index contributed by atoms with van der Waals surface area (Å²) in [4.78, 5) is 18.1. The smallest absolute Gasteiger partial charge is 0.251 e. The summed E-state index contributed by atoms with van der Waals surface area (Å²) in [6, 6.07) is 1.44. The summed E-state index contributed by atoms with van der Waals surface area (Å²) in [5, 5.41) is 0. The molecule has 0 radical (unpaired) electrons. The molecule has 0 bridgehead atoms. The number of ether oxygens (including phenoxy) is 2. The Morgan fingerprint density at radius 3 is 3.00 bits per heavy atom. The van der Waals surface area contributed by atoms with E-state index >= 15 is 0 Å². The first-order chi connectivity index (χ1) is 7.26. The highest BCUT2D eigenvalue weighted by molar-refractivity contribution is 5.01. The highest BCUT2D eigenvalue weighted by Crippen LogP contribution is 1.95. The van der Waals surface area contributed by atoms with Crippen molar-refractivity contribution >= 4 is 0 Å². The van der Waals surface area contributed by atoms with E-state index in [1.54, 1.807) is 7.11 Å². The highest BCUT2D eigenvalue weighted by Gasteiger charge is 2.00. The molecule has 0 atom stereocenters. The Bertz CT molecular complexity index is 349. The van der Waals surface area contributed by atoms with Gasteiger partial charge in [0.25, 0.3) is 5.56 Å². The summed E-state index contributed by atoms with van der Waals surface area (Å²) in [6.45, 7) is 3.51. The monoisotopic (exact) mass is 212 g/mol. The van der Waals surface area contributed by atoms with Crippen molar-refractivity contribution in [2.24, 2.45) is 0 Å². The molecule has 15 heavy (non-hydrogen) atoms. The Kier molecular flexibility index (Phi) is 5.00. The first-order valence-electron chi connectivity index (χ1n) is 4.92. The Morgan fingerprint density at radius 1 is 1.53 bits per heavy atom. The van der Waals surface area contributed by atoms with E-state index in [1.165, 1.54) is 6.07 Å². The molecular formula is C10H16N2O3. The average molecular weight is 212 g/mol. The van der Waals surface area contributed by atoms with Crippen LogP contribution < -0.4 is 5.56 Å². The zero-order valence-corrected chi connectivity index (χ0v) is 9.08. The third-order valence-electron chi connectivity index (χ3n) is 1.82. The van der Waals surface area contributed by atoms with Crippen molar-refractivity contribution in [3.05, 3.63) is 27.9 Å². The summed E-state index contributed by atoms with van der Waals surface area (Å²) in [5.74, 6) is 0.642. The van der Waals surface area contributed by atoms with Crippen LogP contribution in [-0.2, 0) is 22.5 Å². The number of H-pyrrole nitrogens is 1. The number of aromatic amines is 1. The van der Waals surface area contributed by atoms with E-state index < -0.39 is 0 Å². The van der Waals surface area contributed by atoms with Crippen molar-refractivity contribution < 1.29 is 9.47 Å². The van der Waals surface area contributed by atoms with E-state index in [-0.39, 0.29) is 5.56 Å². The molecule has 0 amide bonds. The van der Waals surface area contributed by atoms with Crippen LogP contribution >= 0.6 is 0 Å². The van der Waals surface area contributed by atoms with Gasteiger partial charge >= 0.3 is 0 Å². The minimum Gasteiger partial charge on any atom is -0.381 e. The largest absolute Gasteiger partial charge is 0.381 e. The maximum atomic E-state index is 11.2. The molecule has 0 aliphatic carbocycles. The van der Waals surface area contributed by atoms with Crippen LogP contribution in [0.4, 0.5) is 0 Å². The van der Waals surface area contributed by atoms with E-state index in [9.17, 15) is 4.79 Å². The van der Waals surface area contributed by atoms with Gasteiger partial charge in [-0.3, -0.25) is 4.79 Å². The normalized spacial score (nSPS) is 10.5. The highest BCUT2D eigenvalue weighted by atomic mass is 16.5. The first-order valence-corrected chi connectivity index (χ1v) is 4.92. The summed E-state index contributed by atoms with van der Waals surface area (Å²) in [7, 11) is 1.57. The second-order valence-corrected chi connectivity index (χ2v) is 3.06. The fourth-order valence-electron chi connectivity index (χ4n) is 1.22. The van der Waals surface area contributed by atoms with Crippen LogP contribution in [0.15, 0.2) is 10.9 Å². The van der Waals surface area contributed by atoms with Crippen molar-refractivity contribution in [2.75, 3.05) is 20.3 Å². The second-order valence-electron chi connectivity index (χ2n) is 3.06. The lowest BCUT2D eigenvalue weighted by molar-refractivity contribution is 0.149. The maximum Gasteiger partial charge on any atom is 0.251 e. The topological polar surface area (TPSA) is 64.2 Å². The van der Waals surface area contributed by atoms with E-state index in [1.807, 2.05) is 6.92 Å². The Labute approximate surface area is 88.4 Å². The molecule has 0 saturated carbocycles. The lowest BCUT2D eigenvalue weighted by Crippen LogP contribution is -2.14. The van der Waals surface area contributed by atoms with Gasteiger partial charge in [0.1, 0.15) is 5.82 Å². The van der Waals surface area contributed by atoms with Gasteiger partial charge < -0.3 is 14.5 Å². The number of hydrogen-bond donors (Lipinski definition) is 1. The van der Waals surface area contributed by atoms with Crippen LogP contribution in [0.25, 0.3) is 0 Å². The number of rotatable bonds is 6. The molecule has 0 saturated heterocycles. The fraction of sp³-hybridized carbons (Fsp3) is 0.600. The number of aromatic nitrogens is 2. The van der Waals surface area contributed by atoms with Crippen molar-refractivity contribution in [2.45, 2.75) is 20.0 Å². The van der Waals surface area contributed by atoms with Crippen molar-refractivity contribution in [1.82, 2.24) is 9.97 Å². The van der Waals surface area contributed by atoms with Crippen LogP contribution in [0, 0.1) is 0 Å². The minimum atomic E-state index is -0.149. The second kappa shape index (κ2) is 6.31. The van der Waals surface area contributed by atoms with E-state index in [0.29, 0.717) is 37.8 Å². The molecule has 0 unspecified atom stereocenters. The summed E-state index contributed by atoms with van der Waals surface area (Å²) in [5.41, 5.74) is 0.497. The van der Waals surface area contributed by atoms with Crippen molar-refractivity contribution in [3.63, 3.8) is 0 Å². The molecule has 1 rings (SSSR count). The Hall–Kier alpha value is -1.20. The van der Waals surface area contributed by atoms with Crippen molar-refractivity contribution in [3.8, 4) is 0 Å². The predicted octanol–water partition coefficient (Wildman–Crippen LogP) is 0.495. The standard InChI is InChI=1S/C10H16N2O3/c1-3-15-5-4-9-11-8(7-14-2)6-10(13)12-9/h6H,3-5,7H2,1-2H3,(H,11,12,13). The molecule has 1 N–H and O–H groups in total. The van der Waals surface area contributed by atoms with Gasteiger partial charge in [-0.15, -0.1) is 0 Å².